The number of hydrogen-bond donors (Lipinski definition) is 3. The molecule has 4 atom stereocenters. The highest BCUT2D eigenvalue weighted by atomic mass is 19.4. The van der Waals surface area contributed by atoms with Crippen molar-refractivity contribution < 1.29 is 22.8 Å². The van der Waals surface area contributed by atoms with Crippen molar-refractivity contribution in [3.05, 3.63) is 29.6 Å². The lowest BCUT2D eigenvalue weighted by atomic mass is 9.84. The Morgan fingerprint density at radius 3 is 2.62 bits per heavy atom. The standard InChI is InChI=1S/C28H40F3N7O2/c1-16(2)37(4)19-8-10-24(23(15-19)33-17(3)39)38-13-11-22(27(38)40)35-26-20-14-18(28(29,30)31)7-9-21(20)34-25(36-26)6-5-12-32/h7,9,14,16,19,22-24H,5-6,8,10-13,15,32H2,1-4H3,(H,33,39)(H,34,35,36)/t19-,22+,23-,24+/m1/s1. The monoisotopic (exact) mass is 563 g/mol. The van der Waals surface area contributed by atoms with Crippen LogP contribution in [0.15, 0.2) is 18.2 Å². The lowest BCUT2D eigenvalue weighted by Gasteiger charge is -2.44. The zero-order valence-electron chi connectivity index (χ0n) is 23.6. The summed E-state index contributed by atoms with van der Waals surface area (Å²) in [4.78, 5) is 38.8. The van der Waals surface area contributed by atoms with E-state index in [9.17, 15) is 22.8 Å². The minimum absolute atomic E-state index is 0.137. The Balaban J connectivity index is 1.58. The summed E-state index contributed by atoms with van der Waals surface area (Å²) in [6, 6.07) is 3.04. The molecule has 0 bridgehead atoms. The SMILES string of the molecule is CC(=O)N[C@@H]1C[C@H](N(C)C(C)C)CC[C@@H]1N1CC[C@H](Nc2nc(CCCN)nc3ccc(C(F)(F)F)cc23)C1=O. The molecular weight excluding hydrogens is 523 g/mol. The number of amides is 2. The Morgan fingerprint density at radius 2 is 1.98 bits per heavy atom. The van der Waals surface area contributed by atoms with Gasteiger partial charge in [-0.2, -0.15) is 13.2 Å². The predicted octanol–water partition coefficient (Wildman–Crippen LogP) is 3.32. The normalized spacial score (nSPS) is 23.9. The fraction of sp³-hybridized carbons (Fsp3) is 0.643. The molecule has 1 aliphatic heterocycles. The molecule has 0 unspecified atom stereocenters. The molecular formula is C28H40F3N7O2. The average Bonchev–Trinajstić information content (AvgIpc) is 3.25. The molecule has 0 radical (unpaired) electrons. The van der Waals surface area contributed by atoms with Crippen molar-refractivity contribution in [2.45, 2.75) is 95.7 Å². The van der Waals surface area contributed by atoms with Gasteiger partial charge in [0.25, 0.3) is 0 Å². The fourth-order valence-corrected chi connectivity index (χ4v) is 5.88. The van der Waals surface area contributed by atoms with E-state index in [2.05, 4.69) is 46.4 Å². The van der Waals surface area contributed by atoms with Gasteiger partial charge >= 0.3 is 6.18 Å². The Bertz CT molecular complexity index is 1220. The van der Waals surface area contributed by atoms with Gasteiger partial charge < -0.3 is 26.2 Å². The Kier molecular flexibility index (Phi) is 9.19. The summed E-state index contributed by atoms with van der Waals surface area (Å²) in [6.45, 7) is 6.67. The molecule has 2 heterocycles. The zero-order chi connectivity index (χ0) is 29.2. The average molecular weight is 564 g/mol. The van der Waals surface area contributed by atoms with Gasteiger partial charge in [-0.1, -0.05) is 0 Å². The molecule has 9 nitrogen and oxygen atoms in total. The summed E-state index contributed by atoms with van der Waals surface area (Å²) < 4.78 is 40.5. The quantitative estimate of drug-likeness (QED) is 0.429. The first kappa shape index (κ1) is 30.0. The third kappa shape index (κ3) is 6.65. The summed E-state index contributed by atoms with van der Waals surface area (Å²) in [6.07, 6.45) is -0.564. The summed E-state index contributed by atoms with van der Waals surface area (Å²) >= 11 is 0. The number of halogens is 3. The second-order valence-electron chi connectivity index (χ2n) is 11.2. The van der Waals surface area contributed by atoms with Crippen LogP contribution >= 0.6 is 0 Å². The number of rotatable bonds is 9. The highest BCUT2D eigenvalue weighted by Crippen LogP contribution is 2.34. The first-order chi connectivity index (χ1) is 18.9. The number of fused-ring (bicyclic) bond motifs is 1. The Hall–Kier alpha value is -2.99. The molecule has 1 aliphatic carbocycles. The smallest absolute Gasteiger partial charge is 0.358 e. The van der Waals surface area contributed by atoms with Crippen LogP contribution in [0.4, 0.5) is 19.0 Å². The molecule has 220 valence electrons. The number of nitrogens with zero attached hydrogens (tertiary/aromatic N) is 4. The first-order valence-electron chi connectivity index (χ1n) is 14.0. The van der Waals surface area contributed by atoms with Crippen molar-refractivity contribution in [1.82, 2.24) is 25.1 Å². The number of nitrogens with one attached hydrogen (secondary N) is 2. The topological polar surface area (TPSA) is 116 Å². The van der Waals surface area contributed by atoms with Crippen molar-refractivity contribution in [1.29, 1.82) is 0 Å². The molecule has 1 aromatic carbocycles. The van der Waals surface area contributed by atoms with E-state index < -0.39 is 17.8 Å². The van der Waals surface area contributed by atoms with Gasteiger partial charge in [-0.15, -0.1) is 0 Å². The minimum Gasteiger partial charge on any atom is -0.358 e. The second-order valence-corrected chi connectivity index (χ2v) is 11.2. The first-order valence-corrected chi connectivity index (χ1v) is 14.0. The number of likely N-dealkylation sites (tertiary alicyclic amines) is 1. The van der Waals surface area contributed by atoms with E-state index in [1.54, 1.807) is 0 Å². The number of alkyl halides is 3. The number of aromatic nitrogens is 2. The fourth-order valence-electron chi connectivity index (χ4n) is 5.88. The van der Waals surface area contributed by atoms with E-state index in [0.717, 1.165) is 31.4 Å². The summed E-state index contributed by atoms with van der Waals surface area (Å²) in [5, 5.41) is 6.44. The van der Waals surface area contributed by atoms with E-state index in [1.807, 2.05) is 4.90 Å². The van der Waals surface area contributed by atoms with Crippen molar-refractivity contribution in [2.24, 2.45) is 5.73 Å². The largest absolute Gasteiger partial charge is 0.416 e. The van der Waals surface area contributed by atoms with Crippen molar-refractivity contribution in [3.8, 4) is 0 Å². The number of aryl methyl sites for hydroxylation is 1. The van der Waals surface area contributed by atoms with Gasteiger partial charge in [0, 0.05) is 37.4 Å². The number of hydrogen-bond acceptors (Lipinski definition) is 7. The maximum atomic E-state index is 13.7. The molecule has 2 fully saturated rings. The zero-order valence-corrected chi connectivity index (χ0v) is 23.6. The highest BCUT2D eigenvalue weighted by Gasteiger charge is 2.43. The molecule has 4 N–H and O–H groups in total. The molecule has 1 saturated heterocycles. The van der Waals surface area contributed by atoms with Gasteiger partial charge in [0.15, 0.2) is 0 Å². The maximum Gasteiger partial charge on any atom is 0.416 e. The van der Waals surface area contributed by atoms with Crippen LogP contribution in [0.25, 0.3) is 10.9 Å². The lowest BCUT2D eigenvalue weighted by Crippen LogP contribution is -2.58. The number of carbonyl (C=O) groups excluding carboxylic acids is 2. The van der Waals surface area contributed by atoms with Crippen LogP contribution in [0.1, 0.15) is 64.3 Å². The number of anilines is 1. The lowest BCUT2D eigenvalue weighted by molar-refractivity contribution is -0.137. The highest BCUT2D eigenvalue weighted by molar-refractivity contribution is 5.93. The van der Waals surface area contributed by atoms with Crippen molar-refractivity contribution in [3.63, 3.8) is 0 Å². The van der Waals surface area contributed by atoms with Gasteiger partial charge in [-0.25, -0.2) is 9.97 Å². The summed E-state index contributed by atoms with van der Waals surface area (Å²) in [7, 11) is 2.08. The van der Waals surface area contributed by atoms with Gasteiger partial charge in [-0.05, 0) is 77.7 Å². The second kappa shape index (κ2) is 12.3. The molecule has 1 aromatic heterocycles. The number of benzene rings is 1. The van der Waals surface area contributed by atoms with E-state index in [0.29, 0.717) is 55.8 Å². The van der Waals surface area contributed by atoms with Crippen LogP contribution in [0.2, 0.25) is 0 Å². The Labute approximate surface area is 233 Å². The molecule has 4 rings (SSSR count). The van der Waals surface area contributed by atoms with Crippen LogP contribution in [0.5, 0.6) is 0 Å². The molecule has 2 aromatic rings. The van der Waals surface area contributed by atoms with Crippen LogP contribution in [-0.2, 0) is 22.2 Å². The molecule has 2 aliphatic rings. The van der Waals surface area contributed by atoms with Crippen molar-refractivity contribution in [2.75, 3.05) is 25.5 Å². The van der Waals surface area contributed by atoms with E-state index in [-0.39, 0.29) is 35.1 Å². The van der Waals surface area contributed by atoms with E-state index in [1.165, 1.54) is 13.0 Å². The number of carbonyl (C=O) groups is 2. The maximum absolute atomic E-state index is 13.7. The summed E-state index contributed by atoms with van der Waals surface area (Å²) in [5.41, 5.74) is 5.21. The van der Waals surface area contributed by atoms with Crippen LogP contribution in [0.3, 0.4) is 0 Å². The summed E-state index contributed by atoms with van der Waals surface area (Å²) in [5.74, 6) is 0.394. The van der Waals surface area contributed by atoms with E-state index in [4.69, 9.17) is 5.73 Å². The third-order valence-electron chi connectivity index (χ3n) is 8.19. The molecule has 1 saturated carbocycles. The third-order valence-corrected chi connectivity index (χ3v) is 8.19. The Morgan fingerprint density at radius 1 is 1.23 bits per heavy atom. The van der Waals surface area contributed by atoms with Crippen molar-refractivity contribution >= 4 is 28.5 Å². The van der Waals surface area contributed by atoms with Crippen LogP contribution < -0.4 is 16.4 Å². The van der Waals surface area contributed by atoms with Crippen LogP contribution in [-0.4, -0.2) is 81.9 Å². The minimum atomic E-state index is -4.52. The van der Waals surface area contributed by atoms with Gasteiger partial charge in [-0.3, -0.25) is 9.59 Å². The predicted molar refractivity (Wildman–Crippen MR) is 148 cm³/mol. The molecule has 0 spiro atoms. The van der Waals surface area contributed by atoms with Crippen LogP contribution in [0, 0.1) is 0 Å². The molecule has 40 heavy (non-hydrogen) atoms. The number of nitrogens with two attached hydrogens (primary N) is 1. The molecule has 2 amide bonds. The molecule has 12 heteroatoms. The van der Waals surface area contributed by atoms with Gasteiger partial charge in [0.1, 0.15) is 17.7 Å². The van der Waals surface area contributed by atoms with Gasteiger partial charge in [0.2, 0.25) is 11.8 Å². The van der Waals surface area contributed by atoms with Gasteiger partial charge in [0.05, 0.1) is 23.2 Å². The van der Waals surface area contributed by atoms with E-state index >= 15 is 0 Å².